The molecule has 19 heteroatoms. The van der Waals surface area contributed by atoms with Crippen LogP contribution in [0.2, 0.25) is 0 Å². The molecule has 0 saturated carbocycles. The predicted molar refractivity (Wildman–Crippen MR) is 123 cm³/mol. The van der Waals surface area contributed by atoms with E-state index in [1.54, 1.807) is 25.1 Å². The fourth-order valence-electron chi connectivity index (χ4n) is 1.91. The second-order valence-corrected chi connectivity index (χ2v) is 10.1. The molecule has 0 aliphatic carbocycles. The fraction of sp³-hybridized carbons (Fsp3) is 0.467. The Labute approximate surface area is 201 Å². The minimum atomic E-state index is -4.92. The maximum Gasteiger partial charge on any atom is 0.215 e. The molecule has 0 aromatic carbocycles. The number of quaternary nitrogens is 2. The first-order valence-corrected chi connectivity index (χ1v) is 14.6. The summed E-state index contributed by atoms with van der Waals surface area (Å²) in [6, 6.07) is 0. The summed E-state index contributed by atoms with van der Waals surface area (Å²) in [4.78, 5) is 10.1. The number of aliphatic imine (C=N–C) groups is 2. The number of unbranched alkanes of at least 4 members (excludes halogenated alkanes) is 2. The van der Waals surface area contributed by atoms with Gasteiger partial charge in [-0.1, -0.05) is 0 Å². The van der Waals surface area contributed by atoms with E-state index >= 15 is 0 Å². The first kappa shape index (κ1) is 34.1. The lowest BCUT2D eigenvalue weighted by molar-refractivity contribution is -0.736. The Hall–Kier alpha value is -2.10. The summed E-state index contributed by atoms with van der Waals surface area (Å²) in [7, 11) is -12.8. The molecule has 0 fully saturated rings. The van der Waals surface area contributed by atoms with Crippen LogP contribution in [0.15, 0.2) is 34.8 Å². The van der Waals surface area contributed by atoms with E-state index in [0.29, 0.717) is 19.1 Å². The van der Waals surface area contributed by atoms with Gasteiger partial charge in [-0.05, 0) is 12.8 Å². The molecule has 15 nitrogen and oxygen atoms in total. The normalized spacial score (nSPS) is 17.4. The molecular formula is C15H26N4O11S4. The summed E-state index contributed by atoms with van der Waals surface area (Å²) in [6.45, 7) is 1.79. The maximum absolute atomic E-state index is 10.1. The largest absolute Gasteiger partial charge is 0.748 e. The summed E-state index contributed by atoms with van der Waals surface area (Å²) in [5.74, 6) is 0. The zero-order valence-corrected chi connectivity index (χ0v) is 21.2. The van der Waals surface area contributed by atoms with Gasteiger partial charge < -0.3 is 9.11 Å². The Bertz CT molecular complexity index is 1050. The quantitative estimate of drug-likeness (QED) is 0.110. The van der Waals surface area contributed by atoms with Gasteiger partial charge in [-0.25, -0.2) is 26.8 Å². The van der Waals surface area contributed by atoms with Gasteiger partial charge in [0.15, 0.2) is 12.7 Å². The molecule has 0 spiro atoms. The van der Waals surface area contributed by atoms with Crippen LogP contribution in [-0.2, 0) is 41.1 Å². The van der Waals surface area contributed by atoms with Gasteiger partial charge >= 0.3 is 0 Å². The van der Waals surface area contributed by atoms with Crippen molar-refractivity contribution >= 4 is 64.5 Å². The van der Waals surface area contributed by atoms with E-state index in [4.69, 9.17) is 30.5 Å². The van der Waals surface area contributed by atoms with Crippen LogP contribution >= 0.6 is 0 Å². The van der Waals surface area contributed by atoms with Gasteiger partial charge in [-0.15, -0.1) is 0 Å². The van der Waals surface area contributed by atoms with Crippen LogP contribution in [0.5, 0.6) is 0 Å². The van der Waals surface area contributed by atoms with Crippen molar-refractivity contribution in [2.24, 2.45) is 9.98 Å². The van der Waals surface area contributed by atoms with Gasteiger partial charge in [-0.2, -0.15) is 16.8 Å². The van der Waals surface area contributed by atoms with Crippen LogP contribution in [0.1, 0.15) is 25.7 Å². The number of rotatable bonds is 8. The van der Waals surface area contributed by atoms with Crippen molar-refractivity contribution in [3.63, 3.8) is 0 Å². The van der Waals surface area contributed by atoms with Gasteiger partial charge in [0.2, 0.25) is 31.0 Å². The van der Waals surface area contributed by atoms with Crippen LogP contribution < -0.4 is 9.80 Å². The van der Waals surface area contributed by atoms with Gasteiger partial charge in [0.1, 0.15) is 12.4 Å². The minimum absolute atomic E-state index is 0.604. The molecule has 0 saturated heterocycles. The van der Waals surface area contributed by atoms with Crippen LogP contribution in [-0.4, -0.2) is 90.1 Å². The monoisotopic (exact) mass is 566 g/mol. The lowest BCUT2D eigenvalue weighted by Gasteiger charge is -2.01. The Morgan fingerprint density at radius 2 is 1.12 bits per heavy atom. The fourth-order valence-corrected chi connectivity index (χ4v) is 2.63. The smallest absolute Gasteiger partial charge is 0.215 e. The molecule has 2 aliphatic rings. The molecule has 196 valence electrons. The van der Waals surface area contributed by atoms with Gasteiger partial charge in [0.25, 0.3) is 0 Å². The topological polar surface area (TPSA) is 237 Å². The highest BCUT2D eigenvalue weighted by Crippen LogP contribution is 1.81. The van der Waals surface area contributed by atoms with Crippen molar-refractivity contribution < 1.29 is 57.1 Å². The SMILES string of the molecule is CS(=O)(=O)[O-].O=S(=O)([O-])O.O=S(=O)=CCCC[NH+]1C=CN=C1.O=S(=O)=CCCC[NH+]1C=CN=C1. The van der Waals surface area contributed by atoms with E-state index in [9.17, 15) is 16.8 Å². The Balaban J connectivity index is 0. The molecule has 34 heavy (non-hydrogen) atoms. The number of nitrogens with zero attached hydrogens (tertiary/aromatic N) is 2. The second kappa shape index (κ2) is 19.2. The lowest BCUT2D eigenvalue weighted by atomic mass is 10.3. The highest BCUT2D eigenvalue weighted by Gasteiger charge is 2.03. The molecule has 2 rings (SSSR count). The molecular weight excluding hydrogens is 540 g/mol. The van der Waals surface area contributed by atoms with Gasteiger partial charge in [-0.3, -0.25) is 14.4 Å². The number of nitrogens with one attached hydrogen (secondary N) is 2. The molecule has 0 amide bonds. The summed E-state index contributed by atoms with van der Waals surface area (Å²) in [6.07, 6.45) is 14.5. The van der Waals surface area contributed by atoms with Crippen LogP contribution in [0.25, 0.3) is 0 Å². The van der Waals surface area contributed by atoms with Gasteiger partial charge in [0.05, 0.1) is 35.6 Å². The first-order chi connectivity index (χ1) is 15.6. The first-order valence-electron chi connectivity index (χ1n) is 9.11. The average molecular weight is 567 g/mol. The third-order valence-electron chi connectivity index (χ3n) is 3.08. The van der Waals surface area contributed by atoms with E-state index in [2.05, 4.69) is 9.98 Å². The zero-order chi connectivity index (χ0) is 26.6. The highest BCUT2D eigenvalue weighted by molar-refractivity contribution is 7.84. The minimum Gasteiger partial charge on any atom is -0.748 e. The van der Waals surface area contributed by atoms with Crippen molar-refractivity contribution in [1.29, 1.82) is 0 Å². The van der Waals surface area contributed by atoms with Crippen molar-refractivity contribution in [1.82, 2.24) is 0 Å². The number of hydrogen-bond acceptors (Lipinski definition) is 12. The van der Waals surface area contributed by atoms with E-state index in [1.165, 1.54) is 20.5 Å². The van der Waals surface area contributed by atoms with Crippen molar-refractivity contribution in [3.8, 4) is 0 Å². The summed E-state index contributed by atoms with van der Waals surface area (Å²) >= 11 is 0. The lowest BCUT2D eigenvalue weighted by Crippen LogP contribution is -3.05. The van der Waals surface area contributed by atoms with E-state index in [0.717, 1.165) is 25.9 Å². The third kappa shape index (κ3) is 37.2. The molecule has 0 bridgehead atoms. The summed E-state index contributed by atoms with van der Waals surface area (Å²) < 4.78 is 100. The maximum atomic E-state index is 10.1. The molecule has 2 atom stereocenters. The second-order valence-electron chi connectivity index (χ2n) is 6.11. The van der Waals surface area contributed by atoms with Crippen molar-refractivity contribution in [2.75, 3.05) is 19.3 Å². The van der Waals surface area contributed by atoms with Crippen LogP contribution in [0.3, 0.4) is 0 Å². The predicted octanol–water partition coefficient (Wildman–Crippen LogP) is -4.14. The van der Waals surface area contributed by atoms with E-state index in [-0.39, 0.29) is 0 Å². The summed E-state index contributed by atoms with van der Waals surface area (Å²) in [5.41, 5.74) is 0. The van der Waals surface area contributed by atoms with Gasteiger partial charge in [0, 0.05) is 29.8 Å². The van der Waals surface area contributed by atoms with Crippen LogP contribution in [0.4, 0.5) is 0 Å². The molecule has 0 radical (unpaired) electrons. The van der Waals surface area contributed by atoms with Crippen molar-refractivity contribution in [3.05, 3.63) is 24.8 Å². The summed E-state index contributed by atoms with van der Waals surface area (Å²) in [5, 5.41) is 2.58. The molecule has 2 unspecified atom stereocenters. The Kier molecular flexibility index (Phi) is 19.3. The molecule has 0 aromatic heterocycles. The molecule has 3 N–H and O–H groups in total. The zero-order valence-electron chi connectivity index (χ0n) is 17.9. The van der Waals surface area contributed by atoms with Crippen molar-refractivity contribution in [2.45, 2.75) is 25.7 Å². The Morgan fingerprint density at radius 1 is 0.824 bits per heavy atom. The van der Waals surface area contributed by atoms with E-state index < -0.39 is 41.1 Å². The molecule has 0 aromatic rings. The Morgan fingerprint density at radius 3 is 1.32 bits per heavy atom. The molecule has 2 heterocycles. The highest BCUT2D eigenvalue weighted by atomic mass is 32.3. The average Bonchev–Trinajstić information content (AvgIpc) is 3.34. The van der Waals surface area contributed by atoms with Crippen LogP contribution in [0, 0.1) is 0 Å². The van der Waals surface area contributed by atoms with E-state index in [1.807, 2.05) is 12.4 Å². The number of hydrogen-bond donors (Lipinski definition) is 3. The third-order valence-corrected chi connectivity index (χ3v) is 4.09. The molecule has 2 aliphatic heterocycles. The standard InChI is InChI=1S/2C7H10N2O2S.CH4O3S.H2O4S/c2*10-12(11)6-2-1-4-9-5-3-8-7-9;2*1-5(2,3)4/h2*3,5-7H,1-2,4H2;1H3,(H,2,3,4);(H2,1,2,3,4).